The summed E-state index contributed by atoms with van der Waals surface area (Å²) in [6.07, 6.45) is 0. The zero-order valence-corrected chi connectivity index (χ0v) is 10.5. The Kier molecular flexibility index (Phi) is 6.14. The van der Waals surface area contributed by atoms with Crippen LogP contribution >= 0.6 is 59.7 Å². The molecule has 1 rings (SSSR count). The summed E-state index contributed by atoms with van der Waals surface area (Å²) < 4.78 is 0.769. The first-order chi connectivity index (χ1) is 5.29. The first kappa shape index (κ1) is 10.8. The summed E-state index contributed by atoms with van der Waals surface area (Å²) in [7, 11) is 0. The van der Waals surface area contributed by atoms with Crippen molar-refractivity contribution in [3.8, 4) is 0 Å². The van der Waals surface area contributed by atoms with E-state index in [-0.39, 0.29) is 0 Å². The van der Waals surface area contributed by atoms with E-state index in [1.807, 2.05) is 23.5 Å². The number of thioether (sulfide) groups is 4. The molecule has 11 heavy (non-hydrogen) atoms. The second kappa shape index (κ2) is 6.24. The third-order valence-electron chi connectivity index (χ3n) is 1.05. The Balaban J connectivity index is 2.05. The lowest BCUT2D eigenvalue weighted by molar-refractivity contribution is 1.14. The summed E-state index contributed by atoms with van der Waals surface area (Å²) in [5.74, 6) is 1.18. The molecule has 0 aliphatic carbocycles. The lowest BCUT2D eigenvalue weighted by Crippen LogP contribution is -2.03. The van der Waals surface area contributed by atoms with E-state index >= 15 is 0 Å². The lowest BCUT2D eigenvalue weighted by atomic mass is 10.6. The van der Waals surface area contributed by atoms with Crippen LogP contribution in [0.4, 0.5) is 0 Å². The van der Waals surface area contributed by atoms with Gasteiger partial charge in [0.05, 0.1) is 3.91 Å². The third kappa shape index (κ3) is 5.13. The predicted octanol–water partition coefficient (Wildman–Crippen LogP) is 3.45. The molecule has 0 saturated carbocycles. The average Bonchev–Trinajstić information content (AvgIpc) is 2.03. The van der Waals surface area contributed by atoms with Crippen molar-refractivity contribution in [1.82, 2.24) is 0 Å². The van der Waals surface area contributed by atoms with Gasteiger partial charge in [-0.15, -0.1) is 47.0 Å². The van der Waals surface area contributed by atoms with Gasteiger partial charge in [-0.05, 0) is 0 Å². The summed E-state index contributed by atoms with van der Waals surface area (Å²) in [6.45, 7) is 2.16. The van der Waals surface area contributed by atoms with E-state index in [0.29, 0.717) is 5.25 Å². The van der Waals surface area contributed by atoms with Crippen molar-refractivity contribution in [1.29, 1.82) is 0 Å². The Hall–Kier alpha value is 1.75. The van der Waals surface area contributed by atoms with Crippen LogP contribution < -0.4 is 0 Å². The highest BCUT2D eigenvalue weighted by Gasteiger charge is 2.15. The molecule has 0 aromatic heterocycles. The first-order valence-electron chi connectivity index (χ1n) is 3.39. The van der Waals surface area contributed by atoms with Gasteiger partial charge in [0.25, 0.3) is 0 Å². The SMILES string of the molecule is CC(S)CSC1SCSCS1. The van der Waals surface area contributed by atoms with Crippen LogP contribution in [0.1, 0.15) is 6.92 Å². The standard InChI is InChI=1S/C6H12S5/c1-5(7)2-9-6-10-3-8-4-11-6/h5-7H,2-4H2,1H3. The molecule has 1 unspecified atom stereocenters. The minimum absolute atomic E-state index is 0.538. The fraction of sp³-hybridized carbons (Fsp3) is 1.00. The van der Waals surface area contributed by atoms with Crippen LogP contribution in [0.15, 0.2) is 0 Å². The summed E-state index contributed by atoms with van der Waals surface area (Å²) in [6, 6.07) is 0. The number of rotatable bonds is 3. The molecule has 0 aromatic carbocycles. The third-order valence-corrected chi connectivity index (χ3v) is 7.86. The summed E-state index contributed by atoms with van der Waals surface area (Å²) >= 11 is 12.5. The number of thiol groups is 1. The van der Waals surface area contributed by atoms with Gasteiger partial charge >= 0.3 is 0 Å². The van der Waals surface area contributed by atoms with Crippen molar-refractivity contribution in [3.05, 3.63) is 0 Å². The molecule has 5 heteroatoms. The maximum atomic E-state index is 4.35. The monoisotopic (exact) mass is 244 g/mol. The predicted molar refractivity (Wildman–Crippen MR) is 67.2 cm³/mol. The zero-order valence-electron chi connectivity index (χ0n) is 6.36. The van der Waals surface area contributed by atoms with Crippen LogP contribution in [0.3, 0.4) is 0 Å². The highest BCUT2D eigenvalue weighted by atomic mass is 32.3. The van der Waals surface area contributed by atoms with E-state index in [4.69, 9.17) is 0 Å². The van der Waals surface area contributed by atoms with Gasteiger partial charge in [0, 0.05) is 21.2 Å². The smallest absolute Gasteiger partial charge is 0.0972 e. The second-order valence-corrected chi connectivity index (χ2v) is 9.06. The van der Waals surface area contributed by atoms with Crippen LogP contribution in [0.2, 0.25) is 0 Å². The van der Waals surface area contributed by atoms with Crippen LogP contribution in [-0.4, -0.2) is 25.1 Å². The molecule has 1 heterocycles. The Bertz CT molecular complexity index is 99.1. The molecule has 0 radical (unpaired) electrons. The van der Waals surface area contributed by atoms with Crippen molar-refractivity contribution in [3.63, 3.8) is 0 Å². The van der Waals surface area contributed by atoms with Gasteiger partial charge in [0.1, 0.15) is 0 Å². The van der Waals surface area contributed by atoms with Crippen LogP contribution in [0, 0.1) is 0 Å². The van der Waals surface area contributed by atoms with E-state index in [1.54, 1.807) is 0 Å². The summed E-state index contributed by atoms with van der Waals surface area (Å²) in [4.78, 5) is 0. The van der Waals surface area contributed by atoms with E-state index in [2.05, 4.69) is 43.1 Å². The van der Waals surface area contributed by atoms with Crippen molar-refractivity contribution < 1.29 is 0 Å². The van der Waals surface area contributed by atoms with Crippen molar-refractivity contribution in [2.45, 2.75) is 16.1 Å². The van der Waals surface area contributed by atoms with E-state index < -0.39 is 0 Å². The van der Waals surface area contributed by atoms with Crippen molar-refractivity contribution >= 4 is 59.7 Å². The normalized spacial score (nSPS) is 23.5. The molecular formula is C6H12S5. The van der Waals surface area contributed by atoms with Crippen LogP contribution in [-0.2, 0) is 0 Å². The van der Waals surface area contributed by atoms with Crippen molar-refractivity contribution in [2.75, 3.05) is 15.9 Å². The molecule has 0 aromatic rings. The van der Waals surface area contributed by atoms with Crippen LogP contribution in [0.25, 0.3) is 0 Å². The van der Waals surface area contributed by atoms with Gasteiger partial charge in [0.2, 0.25) is 0 Å². The minimum atomic E-state index is 0.538. The molecule has 1 aliphatic heterocycles. The fourth-order valence-electron chi connectivity index (χ4n) is 0.604. The molecule has 0 N–H and O–H groups in total. The Morgan fingerprint density at radius 1 is 1.55 bits per heavy atom. The number of hydrogen-bond acceptors (Lipinski definition) is 5. The largest absolute Gasteiger partial charge is 0.175 e. The number of hydrogen-bond donors (Lipinski definition) is 1. The van der Waals surface area contributed by atoms with Gasteiger partial charge in [0.15, 0.2) is 0 Å². The minimum Gasteiger partial charge on any atom is -0.175 e. The quantitative estimate of drug-likeness (QED) is 0.755. The highest BCUT2D eigenvalue weighted by molar-refractivity contribution is 8.40. The molecule has 1 aliphatic rings. The summed E-state index contributed by atoms with van der Waals surface area (Å²) in [5, 5.41) is 3.08. The highest BCUT2D eigenvalue weighted by Crippen LogP contribution is 2.42. The van der Waals surface area contributed by atoms with Gasteiger partial charge < -0.3 is 0 Å². The van der Waals surface area contributed by atoms with Crippen LogP contribution in [0.5, 0.6) is 0 Å². The first-order valence-corrected chi connectivity index (χ1v) is 8.21. The van der Waals surface area contributed by atoms with Gasteiger partial charge in [-0.2, -0.15) is 12.6 Å². The maximum absolute atomic E-state index is 4.35. The average molecular weight is 244 g/mol. The zero-order chi connectivity index (χ0) is 8.10. The molecule has 0 spiro atoms. The van der Waals surface area contributed by atoms with E-state index in [0.717, 1.165) is 3.91 Å². The molecule has 0 nitrogen and oxygen atoms in total. The van der Waals surface area contributed by atoms with Gasteiger partial charge in [-0.3, -0.25) is 0 Å². The van der Waals surface area contributed by atoms with E-state index in [9.17, 15) is 0 Å². The molecule has 0 bridgehead atoms. The second-order valence-electron chi connectivity index (χ2n) is 2.24. The molecule has 1 atom stereocenters. The lowest BCUT2D eigenvalue weighted by Gasteiger charge is -2.20. The van der Waals surface area contributed by atoms with Gasteiger partial charge in [-0.1, -0.05) is 6.92 Å². The molecule has 0 amide bonds. The molecule has 1 saturated heterocycles. The maximum Gasteiger partial charge on any atom is 0.0972 e. The Labute approximate surface area is 91.2 Å². The summed E-state index contributed by atoms with van der Waals surface area (Å²) in [5.41, 5.74) is 0. The van der Waals surface area contributed by atoms with Crippen molar-refractivity contribution in [2.24, 2.45) is 0 Å². The Morgan fingerprint density at radius 2 is 2.18 bits per heavy atom. The topological polar surface area (TPSA) is 0 Å². The van der Waals surface area contributed by atoms with E-state index in [1.165, 1.54) is 15.9 Å². The molecular weight excluding hydrogens is 232 g/mol. The van der Waals surface area contributed by atoms with Gasteiger partial charge in [-0.25, -0.2) is 0 Å². The Morgan fingerprint density at radius 3 is 2.73 bits per heavy atom. The fourth-order valence-corrected chi connectivity index (χ4v) is 7.47. The molecule has 1 fully saturated rings. The molecule has 66 valence electrons.